The van der Waals surface area contributed by atoms with Crippen molar-refractivity contribution in [3.05, 3.63) is 17.5 Å². The van der Waals surface area contributed by atoms with Crippen molar-refractivity contribution < 1.29 is 4.79 Å². The summed E-state index contributed by atoms with van der Waals surface area (Å²) in [5, 5.41) is 10.3. The van der Waals surface area contributed by atoms with Gasteiger partial charge in [0, 0.05) is 24.8 Å². The SMILES string of the molecule is Cc1c(C2(C)CNC(=O)CN2)cnn1C. The summed E-state index contributed by atoms with van der Waals surface area (Å²) in [5.74, 6) is 0.0500. The Morgan fingerprint density at radius 1 is 1.60 bits per heavy atom. The van der Waals surface area contributed by atoms with Gasteiger partial charge < -0.3 is 5.32 Å². The Bertz CT molecular complexity index is 386. The van der Waals surface area contributed by atoms with Crippen molar-refractivity contribution in [2.75, 3.05) is 13.1 Å². The summed E-state index contributed by atoms with van der Waals surface area (Å²) in [5.41, 5.74) is 2.07. The van der Waals surface area contributed by atoms with Crippen LogP contribution in [-0.4, -0.2) is 28.8 Å². The molecule has 5 heteroatoms. The second kappa shape index (κ2) is 3.34. The largest absolute Gasteiger partial charge is 0.353 e. The van der Waals surface area contributed by atoms with Crippen molar-refractivity contribution in [2.24, 2.45) is 7.05 Å². The van der Waals surface area contributed by atoms with Crippen LogP contribution in [0.25, 0.3) is 0 Å². The molecule has 2 heterocycles. The summed E-state index contributed by atoms with van der Waals surface area (Å²) >= 11 is 0. The fourth-order valence-corrected chi connectivity index (χ4v) is 1.91. The van der Waals surface area contributed by atoms with E-state index in [1.807, 2.05) is 24.9 Å². The fourth-order valence-electron chi connectivity index (χ4n) is 1.91. The summed E-state index contributed by atoms with van der Waals surface area (Å²) < 4.78 is 1.85. The average Bonchev–Trinajstić information content (AvgIpc) is 2.54. The number of nitrogens with one attached hydrogen (secondary N) is 2. The first-order valence-electron chi connectivity index (χ1n) is 5.04. The van der Waals surface area contributed by atoms with Gasteiger partial charge in [0.2, 0.25) is 5.91 Å². The zero-order valence-electron chi connectivity index (χ0n) is 9.29. The second-order valence-corrected chi connectivity index (χ2v) is 4.23. The van der Waals surface area contributed by atoms with E-state index in [0.717, 1.165) is 11.3 Å². The standard InChI is InChI=1S/C10H16N4O/c1-7-8(4-13-14(7)3)10(2)6-11-9(15)5-12-10/h4,12H,5-6H2,1-3H3,(H,11,15). The quantitative estimate of drug-likeness (QED) is 0.664. The summed E-state index contributed by atoms with van der Waals surface area (Å²) in [7, 11) is 1.92. The molecule has 0 spiro atoms. The van der Waals surface area contributed by atoms with E-state index in [9.17, 15) is 4.79 Å². The molecular formula is C10H16N4O. The van der Waals surface area contributed by atoms with Crippen molar-refractivity contribution in [1.82, 2.24) is 20.4 Å². The van der Waals surface area contributed by atoms with Crippen molar-refractivity contribution in [1.29, 1.82) is 0 Å². The summed E-state index contributed by atoms with van der Waals surface area (Å²) in [6, 6.07) is 0. The highest BCUT2D eigenvalue weighted by atomic mass is 16.2. The lowest BCUT2D eigenvalue weighted by Gasteiger charge is -2.34. The first kappa shape index (κ1) is 10.2. The van der Waals surface area contributed by atoms with E-state index in [4.69, 9.17) is 0 Å². The number of nitrogens with zero attached hydrogens (tertiary/aromatic N) is 2. The summed E-state index contributed by atoms with van der Waals surface area (Å²) in [6.45, 7) is 5.09. The normalized spacial score (nSPS) is 26.5. The Labute approximate surface area is 88.8 Å². The summed E-state index contributed by atoms with van der Waals surface area (Å²) in [4.78, 5) is 11.1. The molecule has 1 fully saturated rings. The van der Waals surface area contributed by atoms with Gasteiger partial charge in [-0.3, -0.25) is 14.8 Å². The maximum atomic E-state index is 11.1. The maximum Gasteiger partial charge on any atom is 0.234 e. The Morgan fingerprint density at radius 2 is 2.33 bits per heavy atom. The lowest BCUT2D eigenvalue weighted by Crippen LogP contribution is -2.57. The molecule has 0 saturated carbocycles. The molecule has 0 bridgehead atoms. The summed E-state index contributed by atoms with van der Waals surface area (Å²) in [6.07, 6.45) is 1.86. The number of aromatic nitrogens is 2. The van der Waals surface area contributed by atoms with Crippen LogP contribution in [0.1, 0.15) is 18.2 Å². The van der Waals surface area contributed by atoms with Crippen molar-refractivity contribution >= 4 is 5.91 Å². The molecule has 2 N–H and O–H groups in total. The van der Waals surface area contributed by atoms with Crippen molar-refractivity contribution in [3.63, 3.8) is 0 Å². The number of carbonyl (C=O) groups is 1. The molecule has 5 nitrogen and oxygen atoms in total. The molecule has 1 aliphatic rings. The minimum absolute atomic E-state index is 0.0500. The molecule has 1 aromatic rings. The monoisotopic (exact) mass is 208 g/mol. The number of hydrogen-bond donors (Lipinski definition) is 2. The van der Waals surface area contributed by atoms with Gasteiger partial charge in [0.05, 0.1) is 18.3 Å². The van der Waals surface area contributed by atoms with Crippen LogP contribution in [0.4, 0.5) is 0 Å². The van der Waals surface area contributed by atoms with Gasteiger partial charge in [-0.25, -0.2) is 0 Å². The van der Waals surface area contributed by atoms with E-state index < -0.39 is 0 Å². The first-order valence-corrected chi connectivity index (χ1v) is 5.04. The molecule has 0 aromatic carbocycles. The minimum Gasteiger partial charge on any atom is -0.353 e. The van der Waals surface area contributed by atoms with E-state index in [2.05, 4.69) is 22.7 Å². The van der Waals surface area contributed by atoms with Gasteiger partial charge >= 0.3 is 0 Å². The van der Waals surface area contributed by atoms with Gasteiger partial charge in [-0.05, 0) is 13.8 Å². The second-order valence-electron chi connectivity index (χ2n) is 4.23. The van der Waals surface area contributed by atoms with E-state index >= 15 is 0 Å². The predicted molar refractivity (Wildman–Crippen MR) is 56.3 cm³/mol. The number of carbonyl (C=O) groups excluding carboxylic acids is 1. The zero-order chi connectivity index (χ0) is 11.1. The molecule has 82 valence electrons. The van der Waals surface area contributed by atoms with E-state index in [1.54, 1.807) is 0 Å². The highest BCUT2D eigenvalue weighted by Crippen LogP contribution is 2.24. The van der Waals surface area contributed by atoms with Crippen LogP contribution in [0.5, 0.6) is 0 Å². The van der Waals surface area contributed by atoms with Gasteiger partial charge in [0.15, 0.2) is 0 Å². The Morgan fingerprint density at radius 3 is 2.80 bits per heavy atom. The number of amides is 1. The molecule has 1 aliphatic heterocycles. The van der Waals surface area contributed by atoms with E-state index in [0.29, 0.717) is 13.1 Å². The molecule has 1 aromatic heterocycles. The Balaban J connectivity index is 2.30. The predicted octanol–water partition coefficient (Wildman–Crippen LogP) is -0.337. The fraction of sp³-hybridized carbons (Fsp3) is 0.600. The average molecular weight is 208 g/mol. The van der Waals surface area contributed by atoms with Gasteiger partial charge in [0.25, 0.3) is 0 Å². The van der Waals surface area contributed by atoms with Gasteiger partial charge in [-0.2, -0.15) is 5.10 Å². The van der Waals surface area contributed by atoms with Crippen LogP contribution >= 0.6 is 0 Å². The maximum absolute atomic E-state index is 11.1. The highest BCUT2D eigenvalue weighted by molar-refractivity contribution is 5.79. The lowest BCUT2D eigenvalue weighted by atomic mass is 9.91. The topological polar surface area (TPSA) is 59.0 Å². The van der Waals surface area contributed by atoms with Crippen molar-refractivity contribution in [2.45, 2.75) is 19.4 Å². The first-order chi connectivity index (χ1) is 7.03. The highest BCUT2D eigenvalue weighted by Gasteiger charge is 2.33. The third-order valence-electron chi connectivity index (χ3n) is 3.11. The minimum atomic E-state index is -0.202. The van der Waals surface area contributed by atoms with Crippen LogP contribution in [0.2, 0.25) is 0 Å². The van der Waals surface area contributed by atoms with Crippen LogP contribution in [0, 0.1) is 6.92 Å². The van der Waals surface area contributed by atoms with Crippen LogP contribution in [0.3, 0.4) is 0 Å². The van der Waals surface area contributed by atoms with E-state index in [1.165, 1.54) is 0 Å². The number of piperazine rings is 1. The van der Waals surface area contributed by atoms with Crippen LogP contribution < -0.4 is 10.6 Å². The van der Waals surface area contributed by atoms with Gasteiger partial charge in [0.1, 0.15) is 0 Å². The Kier molecular flexibility index (Phi) is 2.26. The van der Waals surface area contributed by atoms with E-state index in [-0.39, 0.29) is 11.4 Å². The molecule has 1 amide bonds. The number of rotatable bonds is 1. The van der Waals surface area contributed by atoms with Gasteiger partial charge in [-0.1, -0.05) is 0 Å². The third kappa shape index (κ3) is 1.63. The lowest BCUT2D eigenvalue weighted by molar-refractivity contribution is -0.122. The number of hydrogen-bond acceptors (Lipinski definition) is 3. The molecule has 0 radical (unpaired) electrons. The molecule has 1 atom stereocenters. The van der Waals surface area contributed by atoms with Crippen LogP contribution in [0.15, 0.2) is 6.20 Å². The van der Waals surface area contributed by atoms with Crippen molar-refractivity contribution in [3.8, 4) is 0 Å². The third-order valence-corrected chi connectivity index (χ3v) is 3.11. The molecule has 1 unspecified atom stereocenters. The molecule has 2 rings (SSSR count). The molecule has 15 heavy (non-hydrogen) atoms. The van der Waals surface area contributed by atoms with Gasteiger partial charge in [-0.15, -0.1) is 0 Å². The smallest absolute Gasteiger partial charge is 0.234 e. The molecular weight excluding hydrogens is 192 g/mol. The Hall–Kier alpha value is -1.36. The molecule has 0 aliphatic carbocycles. The van der Waals surface area contributed by atoms with Crippen LogP contribution in [-0.2, 0) is 17.4 Å². The zero-order valence-corrected chi connectivity index (χ0v) is 9.29. The number of aryl methyl sites for hydroxylation is 1. The molecule has 1 saturated heterocycles.